The average molecular weight is 133 g/mol. The topological polar surface area (TPSA) is 26.0 Å². The SMILES string of the molecule is CB(C)c1cccc(N)c1. The highest BCUT2D eigenvalue weighted by atomic mass is 14.5. The first-order chi connectivity index (χ1) is 4.70. The van der Waals surface area contributed by atoms with Crippen LogP contribution < -0.4 is 11.2 Å². The minimum atomic E-state index is 0.573. The molecule has 0 saturated carbocycles. The minimum absolute atomic E-state index is 0.573. The third kappa shape index (κ3) is 1.53. The van der Waals surface area contributed by atoms with Gasteiger partial charge in [-0.1, -0.05) is 31.2 Å². The summed E-state index contributed by atoms with van der Waals surface area (Å²) in [6.07, 6.45) is 0. The number of hydrogen-bond donors (Lipinski definition) is 1. The Bertz CT molecular complexity index is 220. The molecule has 0 aromatic heterocycles. The lowest BCUT2D eigenvalue weighted by atomic mass is 9.49. The van der Waals surface area contributed by atoms with Crippen LogP contribution in [0.25, 0.3) is 0 Å². The summed E-state index contributed by atoms with van der Waals surface area (Å²) < 4.78 is 0. The predicted octanol–water partition coefficient (Wildman–Crippen LogP) is 1.23. The highest BCUT2D eigenvalue weighted by Gasteiger charge is 2.00. The normalized spacial score (nSPS) is 9.40. The zero-order chi connectivity index (χ0) is 7.56. The average Bonchev–Trinajstić information content (AvgIpc) is 1.88. The van der Waals surface area contributed by atoms with Crippen LogP contribution in [0.1, 0.15) is 0 Å². The van der Waals surface area contributed by atoms with Gasteiger partial charge in [0, 0.05) is 5.69 Å². The summed E-state index contributed by atoms with van der Waals surface area (Å²) in [6, 6.07) is 8.02. The van der Waals surface area contributed by atoms with E-state index in [1.54, 1.807) is 0 Å². The van der Waals surface area contributed by atoms with Crippen LogP contribution in [0.15, 0.2) is 24.3 Å². The Balaban J connectivity index is 2.96. The molecule has 2 N–H and O–H groups in total. The van der Waals surface area contributed by atoms with E-state index in [1.807, 2.05) is 18.2 Å². The fourth-order valence-corrected chi connectivity index (χ4v) is 0.918. The molecule has 0 spiro atoms. The molecule has 1 rings (SSSR count). The molecule has 0 aliphatic rings. The number of benzene rings is 1. The van der Waals surface area contributed by atoms with Gasteiger partial charge >= 0.3 is 0 Å². The maximum absolute atomic E-state index is 5.60. The Morgan fingerprint density at radius 2 is 2.00 bits per heavy atom. The Morgan fingerprint density at radius 3 is 2.40 bits per heavy atom. The monoisotopic (exact) mass is 133 g/mol. The molecule has 0 heterocycles. The van der Waals surface area contributed by atoms with Crippen LogP contribution in [0.3, 0.4) is 0 Å². The predicted molar refractivity (Wildman–Crippen MR) is 48.0 cm³/mol. The van der Waals surface area contributed by atoms with E-state index >= 15 is 0 Å². The van der Waals surface area contributed by atoms with Crippen LogP contribution in [-0.4, -0.2) is 6.71 Å². The van der Waals surface area contributed by atoms with E-state index in [-0.39, 0.29) is 0 Å². The van der Waals surface area contributed by atoms with Crippen LogP contribution in [0.2, 0.25) is 13.6 Å². The first-order valence-electron chi connectivity index (χ1n) is 3.55. The van der Waals surface area contributed by atoms with Gasteiger partial charge in [0.05, 0.1) is 0 Å². The van der Waals surface area contributed by atoms with Crippen LogP contribution >= 0.6 is 0 Å². The molecule has 0 bridgehead atoms. The van der Waals surface area contributed by atoms with Crippen molar-refractivity contribution in [2.24, 2.45) is 0 Å². The lowest BCUT2D eigenvalue weighted by Gasteiger charge is -2.01. The standard InChI is InChI=1S/C8H12BN/c1-9(2)7-4-3-5-8(10)6-7/h3-6H,10H2,1-2H3. The van der Waals surface area contributed by atoms with E-state index in [9.17, 15) is 0 Å². The smallest absolute Gasteiger partial charge is 0.169 e. The van der Waals surface area contributed by atoms with Crippen LogP contribution in [0, 0.1) is 0 Å². The molecule has 1 aromatic carbocycles. The molecule has 0 saturated heterocycles. The molecule has 52 valence electrons. The highest BCUT2D eigenvalue weighted by molar-refractivity contribution is 6.70. The van der Waals surface area contributed by atoms with E-state index in [0.717, 1.165) is 5.69 Å². The second kappa shape index (κ2) is 2.78. The third-order valence-electron chi connectivity index (χ3n) is 1.58. The van der Waals surface area contributed by atoms with Crippen molar-refractivity contribution in [3.05, 3.63) is 24.3 Å². The second-order valence-electron chi connectivity index (χ2n) is 2.82. The molecule has 1 nitrogen and oxygen atoms in total. The number of anilines is 1. The Kier molecular flexibility index (Phi) is 2.00. The first-order valence-corrected chi connectivity index (χ1v) is 3.55. The van der Waals surface area contributed by atoms with Gasteiger partial charge in [-0.3, -0.25) is 0 Å². The van der Waals surface area contributed by atoms with Crippen LogP contribution in [0.5, 0.6) is 0 Å². The van der Waals surface area contributed by atoms with Crippen molar-refractivity contribution in [2.45, 2.75) is 13.6 Å². The molecule has 0 fully saturated rings. The minimum Gasteiger partial charge on any atom is -0.399 e. The number of rotatable bonds is 1. The quantitative estimate of drug-likeness (QED) is 0.452. The van der Waals surface area contributed by atoms with E-state index in [1.165, 1.54) is 5.46 Å². The first kappa shape index (κ1) is 7.20. The van der Waals surface area contributed by atoms with Gasteiger partial charge in [-0.2, -0.15) is 0 Å². The molecular formula is C8H12BN. The van der Waals surface area contributed by atoms with E-state index in [0.29, 0.717) is 6.71 Å². The molecule has 2 heteroatoms. The third-order valence-corrected chi connectivity index (χ3v) is 1.58. The molecule has 0 amide bonds. The molecule has 0 unspecified atom stereocenters. The molecule has 10 heavy (non-hydrogen) atoms. The largest absolute Gasteiger partial charge is 0.399 e. The van der Waals surface area contributed by atoms with Gasteiger partial charge in [0.25, 0.3) is 0 Å². The van der Waals surface area contributed by atoms with Crippen molar-refractivity contribution in [2.75, 3.05) is 5.73 Å². The van der Waals surface area contributed by atoms with Crippen molar-refractivity contribution in [3.8, 4) is 0 Å². The molecule has 0 aliphatic carbocycles. The zero-order valence-electron chi connectivity index (χ0n) is 6.46. The Labute approximate surface area is 62.3 Å². The van der Waals surface area contributed by atoms with Crippen molar-refractivity contribution in [3.63, 3.8) is 0 Å². The van der Waals surface area contributed by atoms with Crippen molar-refractivity contribution in [1.29, 1.82) is 0 Å². The molecular weight excluding hydrogens is 121 g/mol. The van der Waals surface area contributed by atoms with Gasteiger partial charge in [0.1, 0.15) is 0 Å². The highest BCUT2D eigenvalue weighted by Crippen LogP contribution is 1.97. The van der Waals surface area contributed by atoms with Gasteiger partial charge in [-0.05, 0) is 12.1 Å². The Hall–Kier alpha value is -0.915. The van der Waals surface area contributed by atoms with Gasteiger partial charge in [0.15, 0.2) is 6.71 Å². The van der Waals surface area contributed by atoms with Crippen molar-refractivity contribution >= 4 is 17.9 Å². The Morgan fingerprint density at radius 1 is 1.30 bits per heavy atom. The summed E-state index contributed by atoms with van der Waals surface area (Å²) in [7, 11) is 0. The summed E-state index contributed by atoms with van der Waals surface area (Å²) in [5.41, 5.74) is 7.75. The second-order valence-corrected chi connectivity index (χ2v) is 2.82. The fraction of sp³-hybridized carbons (Fsp3) is 0.250. The maximum atomic E-state index is 5.60. The number of hydrogen-bond acceptors (Lipinski definition) is 1. The van der Waals surface area contributed by atoms with E-state index < -0.39 is 0 Å². The number of nitrogen functional groups attached to an aromatic ring is 1. The van der Waals surface area contributed by atoms with Gasteiger partial charge < -0.3 is 5.73 Å². The lowest BCUT2D eigenvalue weighted by molar-refractivity contribution is 1.71. The van der Waals surface area contributed by atoms with E-state index in [2.05, 4.69) is 19.7 Å². The zero-order valence-corrected chi connectivity index (χ0v) is 6.46. The molecule has 0 aliphatic heterocycles. The fourth-order valence-electron chi connectivity index (χ4n) is 0.918. The summed E-state index contributed by atoms with van der Waals surface area (Å²) in [6.45, 7) is 4.90. The summed E-state index contributed by atoms with van der Waals surface area (Å²) in [4.78, 5) is 0. The van der Waals surface area contributed by atoms with Crippen molar-refractivity contribution < 1.29 is 0 Å². The summed E-state index contributed by atoms with van der Waals surface area (Å²) in [5, 5.41) is 0. The van der Waals surface area contributed by atoms with Crippen LogP contribution in [0.4, 0.5) is 5.69 Å². The lowest BCUT2D eigenvalue weighted by Crippen LogP contribution is -2.22. The summed E-state index contributed by atoms with van der Waals surface area (Å²) in [5.74, 6) is 0. The van der Waals surface area contributed by atoms with Gasteiger partial charge in [-0.15, -0.1) is 0 Å². The molecule has 0 atom stereocenters. The maximum Gasteiger partial charge on any atom is 0.169 e. The van der Waals surface area contributed by atoms with Crippen molar-refractivity contribution in [1.82, 2.24) is 0 Å². The van der Waals surface area contributed by atoms with Crippen LogP contribution in [-0.2, 0) is 0 Å². The number of nitrogens with two attached hydrogens (primary N) is 1. The van der Waals surface area contributed by atoms with Gasteiger partial charge in [-0.25, -0.2) is 0 Å². The molecule has 0 radical (unpaired) electrons. The molecule has 1 aromatic rings. The van der Waals surface area contributed by atoms with E-state index in [4.69, 9.17) is 5.73 Å². The summed E-state index contributed by atoms with van der Waals surface area (Å²) >= 11 is 0. The van der Waals surface area contributed by atoms with Gasteiger partial charge in [0.2, 0.25) is 0 Å².